The predicted molar refractivity (Wildman–Crippen MR) is 62.4 cm³/mol. The van der Waals surface area contributed by atoms with E-state index in [1.165, 1.54) is 17.3 Å². The number of aromatic nitrogens is 4. The molecule has 0 saturated carbocycles. The molecule has 0 aliphatic carbocycles. The van der Waals surface area contributed by atoms with Crippen LogP contribution in [0.1, 0.15) is 24.4 Å². The van der Waals surface area contributed by atoms with Crippen LogP contribution in [0.3, 0.4) is 0 Å². The van der Waals surface area contributed by atoms with E-state index in [0.29, 0.717) is 6.54 Å². The number of hydrogen-bond acceptors (Lipinski definition) is 5. The average Bonchev–Trinajstić information content (AvgIpc) is 2.98. The Morgan fingerprint density at radius 1 is 1.61 bits per heavy atom. The first kappa shape index (κ1) is 12.3. The zero-order valence-electron chi connectivity index (χ0n) is 10.6. The van der Waals surface area contributed by atoms with Crippen LogP contribution in [0.15, 0.2) is 23.2 Å². The van der Waals surface area contributed by atoms with Gasteiger partial charge in [0, 0.05) is 13.1 Å². The van der Waals surface area contributed by atoms with Crippen LogP contribution in [0, 0.1) is 6.92 Å². The fraction of sp³-hybridized carbons (Fsp3) is 0.455. The summed E-state index contributed by atoms with van der Waals surface area (Å²) < 4.78 is 6.48. The van der Waals surface area contributed by atoms with Crippen LogP contribution < -0.4 is 0 Å². The van der Waals surface area contributed by atoms with E-state index in [2.05, 4.69) is 15.2 Å². The first-order chi connectivity index (χ1) is 8.58. The molecular formula is C11H15N5O2. The fourth-order valence-electron chi connectivity index (χ4n) is 1.66. The molecule has 0 aliphatic rings. The summed E-state index contributed by atoms with van der Waals surface area (Å²) in [6, 6.07) is 1.43. The minimum Gasteiger partial charge on any atom is -0.361 e. The second kappa shape index (κ2) is 4.99. The monoisotopic (exact) mass is 249 g/mol. The van der Waals surface area contributed by atoms with Crippen molar-refractivity contribution in [2.75, 3.05) is 7.05 Å². The highest BCUT2D eigenvalue weighted by atomic mass is 16.5. The summed E-state index contributed by atoms with van der Waals surface area (Å²) in [5, 5.41) is 7.81. The van der Waals surface area contributed by atoms with Gasteiger partial charge in [-0.15, -0.1) is 0 Å². The molecular weight excluding hydrogens is 234 g/mol. The number of rotatable bonds is 4. The summed E-state index contributed by atoms with van der Waals surface area (Å²) in [5.41, 5.74) is 0.731. The molecule has 0 radical (unpaired) electrons. The molecule has 0 fully saturated rings. The molecule has 0 N–H and O–H groups in total. The Hall–Kier alpha value is -2.18. The van der Waals surface area contributed by atoms with Crippen molar-refractivity contribution in [1.82, 2.24) is 24.8 Å². The molecule has 2 aromatic rings. The SMILES string of the molecule is Cc1cc(CN(C)C(=O)[C@H](C)n2cncn2)no1. The summed E-state index contributed by atoms with van der Waals surface area (Å²) in [6.45, 7) is 4.01. The number of carbonyl (C=O) groups is 1. The minimum atomic E-state index is -0.384. The van der Waals surface area contributed by atoms with Crippen molar-refractivity contribution >= 4 is 5.91 Å². The summed E-state index contributed by atoms with van der Waals surface area (Å²) in [7, 11) is 1.72. The molecule has 2 heterocycles. The molecule has 96 valence electrons. The van der Waals surface area contributed by atoms with Gasteiger partial charge in [0.1, 0.15) is 30.2 Å². The number of amides is 1. The van der Waals surface area contributed by atoms with Crippen LogP contribution in [0.4, 0.5) is 0 Å². The Kier molecular flexibility index (Phi) is 3.40. The van der Waals surface area contributed by atoms with E-state index < -0.39 is 0 Å². The predicted octanol–water partition coefficient (Wildman–Crippen LogP) is 0.794. The van der Waals surface area contributed by atoms with Gasteiger partial charge in [0.05, 0.1) is 6.54 Å². The second-order valence-corrected chi connectivity index (χ2v) is 4.17. The number of likely N-dealkylation sites (N-methyl/N-ethyl adjacent to an activating group) is 1. The third-order valence-electron chi connectivity index (χ3n) is 2.64. The second-order valence-electron chi connectivity index (χ2n) is 4.17. The minimum absolute atomic E-state index is 0.0545. The zero-order valence-corrected chi connectivity index (χ0v) is 10.6. The number of nitrogens with zero attached hydrogens (tertiary/aromatic N) is 5. The lowest BCUT2D eigenvalue weighted by Gasteiger charge is -2.20. The van der Waals surface area contributed by atoms with Crippen LogP contribution in [0.5, 0.6) is 0 Å². The number of aryl methyl sites for hydroxylation is 1. The van der Waals surface area contributed by atoms with Gasteiger partial charge >= 0.3 is 0 Å². The quantitative estimate of drug-likeness (QED) is 0.800. The molecule has 2 rings (SSSR count). The highest BCUT2D eigenvalue weighted by Crippen LogP contribution is 2.10. The van der Waals surface area contributed by atoms with Gasteiger partial charge in [-0.3, -0.25) is 4.79 Å². The Bertz CT molecular complexity index is 519. The van der Waals surface area contributed by atoms with E-state index in [1.807, 2.05) is 13.0 Å². The third-order valence-corrected chi connectivity index (χ3v) is 2.64. The summed E-state index contributed by atoms with van der Waals surface area (Å²) >= 11 is 0. The number of hydrogen-bond donors (Lipinski definition) is 0. The Morgan fingerprint density at radius 2 is 2.39 bits per heavy atom. The normalized spacial score (nSPS) is 12.4. The van der Waals surface area contributed by atoms with Crippen LogP contribution >= 0.6 is 0 Å². The summed E-state index contributed by atoms with van der Waals surface area (Å²) in [6.07, 6.45) is 2.93. The number of carbonyl (C=O) groups excluding carboxylic acids is 1. The molecule has 18 heavy (non-hydrogen) atoms. The van der Waals surface area contributed by atoms with Gasteiger partial charge in [-0.2, -0.15) is 5.10 Å². The Morgan fingerprint density at radius 3 is 2.94 bits per heavy atom. The van der Waals surface area contributed by atoms with Crippen LogP contribution in [-0.4, -0.2) is 37.8 Å². The van der Waals surface area contributed by atoms with Crippen molar-refractivity contribution in [3.8, 4) is 0 Å². The third kappa shape index (κ3) is 2.55. The highest BCUT2D eigenvalue weighted by Gasteiger charge is 2.20. The molecule has 7 nitrogen and oxygen atoms in total. The van der Waals surface area contributed by atoms with Gasteiger partial charge < -0.3 is 9.42 Å². The first-order valence-electron chi connectivity index (χ1n) is 5.59. The van der Waals surface area contributed by atoms with Crippen molar-refractivity contribution in [3.05, 3.63) is 30.2 Å². The first-order valence-corrected chi connectivity index (χ1v) is 5.59. The topological polar surface area (TPSA) is 77.1 Å². The fourth-order valence-corrected chi connectivity index (χ4v) is 1.66. The highest BCUT2D eigenvalue weighted by molar-refractivity contribution is 5.79. The van der Waals surface area contributed by atoms with Gasteiger partial charge in [-0.1, -0.05) is 5.16 Å². The van der Waals surface area contributed by atoms with Gasteiger partial charge in [0.15, 0.2) is 0 Å². The van der Waals surface area contributed by atoms with Crippen molar-refractivity contribution in [1.29, 1.82) is 0 Å². The van der Waals surface area contributed by atoms with Crippen LogP contribution in [0.2, 0.25) is 0 Å². The van der Waals surface area contributed by atoms with Crippen molar-refractivity contribution in [2.24, 2.45) is 0 Å². The van der Waals surface area contributed by atoms with E-state index in [9.17, 15) is 4.79 Å². The maximum absolute atomic E-state index is 12.1. The maximum atomic E-state index is 12.1. The van der Waals surface area contributed by atoms with E-state index >= 15 is 0 Å². The van der Waals surface area contributed by atoms with E-state index in [1.54, 1.807) is 18.9 Å². The van der Waals surface area contributed by atoms with E-state index in [0.717, 1.165) is 11.5 Å². The van der Waals surface area contributed by atoms with Crippen molar-refractivity contribution in [2.45, 2.75) is 26.4 Å². The average molecular weight is 249 g/mol. The van der Waals surface area contributed by atoms with Gasteiger partial charge in [-0.05, 0) is 13.8 Å². The molecule has 1 amide bonds. The van der Waals surface area contributed by atoms with Gasteiger partial charge in [0.2, 0.25) is 5.91 Å². The molecule has 7 heteroatoms. The van der Waals surface area contributed by atoms with Crippen LogP contribution in [0.25, 0.3) is 0 Å². The lowest BCUT2D eigenvalue weighted by Crippen LogP contribution is -2.33. The maximum Gasteiger partial charge on any atom is 0.247 e. The largest absolute Gasteiger partial charge is 0.361 e. The van der Waals surface area contributed by atoms with Crippen LogP contribution in [-0.2, 0) is 11.3 Å². The van der Waals surface area contributed by atoms with Crippen molar-refractivity contribution in [3.63, 3.8) is 0 Å². The zero-order chi connectivity index (χ0) is 13.1. The van der Waals surface area contributed by atoms with Gasteiger partial charge in [0.25, 0.3) is 0 Å². The molecule has 2 aromatic heterocycles. The molecule has 0 spiro atoms. The van der Waals surface area contributed by atoms with Gasteiger partial charge in [-0.25, -0.2) is 9.67 Å². The van der Waals surface area contributed by atoms with E-state index in [4.69, 9.17) is 4.52 Å². The summed E-state index contributed by atoms with van der Waals surface area (Å²) in [5.74, 6) is 0.677. The van der Waals surface area contributed by atoms with E-state index in [-0.39, 0.29) is 11.9 Å². The molecule has 1 atom stereocenters. The molecule has 0 aliphatic heterocycles. The molecule has 0 saturated heterocycles. The molecule has 0 aromatic carbocycles. The smallest absolute Gasteiger partial charge is 0.247 e. The lowest BCUT2D eigenvalue weighted by atomic mass is 10.3. The molecule has 0 unspecified atom stereocenters. The Balaban J connectivity index is 2.00. The molecule has 0 bridgehead atoms. The Labute approximate surface area is 104 Å². The standard InChI is InChI=1S/C11H15N5O2/c1-8-4-10(14-18-8)5-15(3)11(17)9(2)16-7-12-6-13-16/h4,6-7,9H,5H2,1-3H3/t9-/m0/s1. The summed E-state index contributed by atoms with van der Waals surface area (Å²) in [4.78, 5) is 17.5. The lowest BCUT2D eigenvalue weighted by molar-refractivity contribution is -0.133. The van der Waals surface area contributed by atoms with Crippen molar-refractivity contribution < 1.29 is 9.32 Å².